The average molecular weight is 465 g/mol. The number of amides is 1. The van der Waals surface area contributed by atoms with Crippen LogP contribution in [0.3, 0.4) is 0 Å². The lowest BCUT2D eigenvalue weighted by atomic mass is 10.0. The molecule has 2 aromatic carbocycles. The zero-order valence-electron chi connectivity index (χ0n) is 18.8. The molecular formula is C24H24N4O4S. The Hall–Kier alpha value is -3.61. The van der Waals surface area contributed by atoms with Crippen LogP contribution in [0.4, 0.5) is 0 Å². The van der Waals surface area contributed by atoms with Gasteiger partial charge in [-0.05, 0) is 47.5 Å². The first-order chi connectivity index (χ1) is 16.0. The molecule has 0 aliphatic carbocycles. The molecule has 1 aromatic heterocycles. The van der Waals surface area contributed by atoms with E-state index < -0.39 is 0 Å². The smallest absolute Gasteiger partial charge is 0.250 e. The van der Waals surface area contributed by atoms with Gasteiger partial charge in [0.1, 0.15) is 22.6 Å². The Labute approximate surface area is 196 Å². The van der Waals surface area contributed by atoms with Crippen LogP contribution in [0.15, 0.2) is 46.5 Å². The molecule has 0 radical (unpaired) electrons. The third-order valence-electron chi connectivity index (χ3n) is 4.78. The Morgan fingerprint density at radius 2 is 2.00 bits per heavy atom. The highest BCUT2D eigenvalue weighted by molar-refractivity contribution is 8.00. The number of rotatable bonds is 9. The first kappa shape index (κ1) is 24.0. The number of ether oxygens (including phenoxy) is 3. The van der Waals surface area contributed by atoms with Gasteiger partial charge in [0, 0.05) is 18.4 Å². The number of carbonyl (C=O) groups excluding carboxylic acids is 1. The van der Waals surface area contributed by atoms with Crippen LogP contribution in [0.5, 0.6) is 11.5 Å². The summed E-state index contributed by atoms with van der Waals surface area (Å²) in [5.41, 5.74) is 5.15. The molecule has 8 nitrogen and oxygen atoms in total. The van der Waals surface area contributed by atoms with Crippen molar-refractivity contribution in [2.75, 3.05) is 27.1 Å². The highest BCUT2D eigenvalue weighted by Gasteiger charge is 2.14. The first-order valence-corrected chi connectivity index (χ1v) is 11.0. The van der Waals surface area contributed by atoms with Crippen LogP contribution in [-0.2, 0) is 16.1 Å². The van der Waals surface area contributed by atoms with Crippen LogP contribution >= 0.6 is 11.8 Å². The van der Waals surface area contributed by atoms with E-state index >= 15 is 0 Å². The van der Waals surface area contributed by atoms with E-state index in [4.69, 9.17) is 14.2 Å². The van der Waals surface area contributed by atoms with Crippen molar-refractivity contribution in [3.05, 3.63) is 58.8 Å². The minimum Gasteiger partial charge on any atom is -0.497 e. The topological polar surface area (TPSA) is 106 Å². The highest BCUT2D eigenvalue weighted by atomic mass is 32.2. The lowest BCUT2D eigenvalue weighted by Crippen LogP contribution is -2.20. The number of nitrogens with one attached hydrogen (secondary N) is 1. The van der Waals surface area contributed by atoms with Crippen LogP contribution in [0.2, 0.25) is 0 Å². The second-order valence-electron chi connectivity index (χ2n) is 7.00. The molecule has 3 rings (SSSR count). The SMILES string of the molecule is COCc1cc(C)nc(SCC(=O)N/N=C/c2c(OC)ccc3ccc(OC)cc23)c1C#N. The summed E-state index contributed by atoms with van der Waals surface area (Å²) in [5, 5.41) is 16.0. The quantitative estimate of drug-likeness (QED) is 0.291. The molecule has 0 fully saturated rings. The van der Waals surface area contributed by atoms with Gasteiger partial charge < -0.3 is 14.2 Å². The summed E-state index contributed by atoms with van der Waals surface area (Å²) in [6.45, 7) is 2.13. The van der Waals surface area contributed by atoms with Gasteiger partial charge >= 0.3 is 0 Å². The third kappa shape index (κ3) is 5.80. The maximum absolute atomic E-state index is 12.4. The number of aromatic nitrogens is 1. The lowest BCUT2D eigenvalue weighted by molar-refractivity contribution is -0.118. The Bertz CT molecular complexity index is 1230. The van der Waals surface area contributed by atoms with Crippen molar-refractivity contribution in [3.63, 3.8) is 0 Å². The Kier molecular flexibility index (Phi) is 8.24. The number of aryl methyl sites for hydroxylation is 1. The van der Waals surface area contributed by atoms with Gasteiger partial charge in [-0.2, -0.15) is 10.4 Å². The normalized spacial score (nSPS) is 10.9. The average Bonchev–Trinajstić information content (AvgIpc) is 2.82. The molecule has 1 N–H and O–H groups in total. The predicted molar refractivity (Wildman–Crippen MR) is 128 cm³/mol. The van der Waals surface area contributed by atoms with Gasteiger partial charge in [0.15, 0.2) is 0 Å². The third-order valence-corrected chi connectivity index (χ3v) is 5.76. The van der Waals surface area contributed by atoms with Crippen LogP contribution in [-0.4, -0.2) is 44.2 Å². The second-order valence-corrected chi connectivity index (χ2v) is 7.96. The number of fused-ring (bicyclic) bond motifs is 1. The molecule has 0 aliphatic heterocycles. The van der Waals surface area contributed by atoms with Crippen molar-refractivity contribution in [2.24, 2.45) is 5.10 Å². The molecule has 9 heteroatoms. The van der Waals surface area contributed by atoms with Crippen molar-refractivity contribution in [2.45, 2.75) is 18.6 Å². The lowest BCUT2D eigenvalue weighted by Gasteiger charge is -2.10. The van der Waals surface area contributed by atoms with Crippen LogP contribution in [0.1, 0.15) is 22.4 Å². The van der Waals surface area contributed by atoms with Gasteiger partial charge in [-0.1, -0.05) is 23.9 Å². The maximum atomic E-state index is 12.4. The second kappa shape index (κ2) is 11.3. The number of hydrazone groups is 1. The fourth-order valence-electron chi connectivity index (χ4n) is 3.28. The highest BCUT2D eigenvalue weighted by Crippen LogP contribution is 2.29. The number of methoxy groups -OCH3 is 3. The molecule has 0 unspecified atom stereocenters. The molecule has 0 aliphatic rings. The van der Waals surface area contributed by atoms with E-state index in [1.165, 1.54) is 11.8 Å². The Morgan fingerprint density at radius 1 is 1.21 bits per heavy atom. The number of pyridine rings is 1. The van der Waals surface area contributed by atoms with Crippen LogP contribution < -0.4 is 14.9 Å². The van der Waals surface area contributed by atoms with Gasteiger partial charge in [0.2, 0.25) is 5.91 Å². The summed E-state index contributed by atoms with van der Waals surface area (Å²) < 4.78 is 15.9. The number of nitrogens with zero attached hydrogens (tertiary/aromatic N) is 3. The molecular weight excluding hydrogens is 440 g/mol. The number of hydrogen-bond acceptors (Lipinski definition) is 8. The van der Waals surface area contributed by atoms with Gasteiger partial charge in [-0.3, -0.25) is 4.79 Å². The van der Waals surface area contributed by atoms with Gasteiger partial charge in [0.05, 0.1) is 38.4 Å². The summed E-state index contributed by atoms with van der Waals surface area (Å²) >= 11 is 1.18. The predicted octanol–water partition coefficient (Wildman–Crippen LogP) is 3.82. The zero-order valence-corrected chi connectivity index (χ0v) is 19.7. The van der Waals surface area contributed by atoms with Gasteiger partial charge in [-0.15, -0.1) is 0 Å². The number of nitriles is 1. The largest absolute Gasteiger partial charge is 0.497 e. The first-order valence-electron chi connectivity index (χ1n) is 9.99. The zero-order chi connectivity index (χ0) is 23.8. The van der Waals surface area contributed by atoms with Crippen molar-refractivity contribution >= 4 is 34.7 Å². The molecule has 0 saturated carbocycles. The monoisotopic (exact) mass is 464 g/mol. The Balaban J connectivity index is 1.74. The Morgan fingerprint density at radius 3 is 2.70 bits per heavy atom. The van der Waals surface area contributed by atoms with Crippen molar-refractivity contribution in [3.8, 4) is 17.6 Å². The van der Waals surface area contributed by atoms with E-state index in [9.17, 15) is 10.1 Å². The van der Waals surface area contributed by atoms with E-state index in [2.05, 4.69) is 21.6 Å². The fourth-order valence-corrected chi connectivity index (χ4v) is 4.14. The molecule has 1 heterocycles. The summed E-state index contributed by atoms with van der Waals surface area (Å²) in [4.78, 5) is 16.8. The molecule has 3 aromatic rings. The number of hydrogen-bond donors (Lipinski definition) is 1. The van der Waals surface area contributed by atoms with E-state index in [-0.39, 0.29) is 11.7 Å². The van der Waals surface area contributed by atoms with E-state index in [1.54, 1.807) is 27.5 Å². The molecule has 1 amide bonds. The molecule has 0 saturated heterocycles. The summed E-state index contributed by atoms with van der Waals surface area (Å²) in [6, 6.07) is 13.5. The van der Waals surface area contributed by atoms with Gasteiger partial charge in [0.25, 0.3) is 0 Å². The van der Waals surface area contributed by atoms with Crippen molar-refractivity contribution in [1.82, 2.24) is 10.4 Å². The molecule has 0 bridgehead atoms. The summed E-state index contributed by atoms with van der Waals surface area (Å²) in [6.07, 6.45) is 1.55. The molecule has 33 heavy (non-hydrogen) atoms. The fraction of sp³-hybridized carbons (Fsp3) is 0.250. The van der Waals surface area contributed by atoms with E-state index in [1.807, 2.05) is 43.3 Å². The minimum absolute atomic E-state index is 0.0510. The summed E-state index contributed by atoms with van der Waals surface area (Å²) in [7, 11) is 4.75. The number of thioether (sulfide) groups is 1. The number of carbonyl (C=O) groups is 1. The molecule has 0 atom stereocenters. The van der Waals surface area contributed by atoms with E-state index in [0.717, 1.165) is 27.6 Å². The molecule has 170 valence electrons. The molecule has 0 spiro atoms. The van der Waals surface area contributed by atoms with Crippen molar-refractivity contribution < 1.29 is 19.0 Å². The van der Waals surface area contributed by atoms with Gasteiger partial charge in [-0.25, -0.2) is 10.4 Å². The minimum atomic E-state index is -0.325. The van der Waals surface area contributed by atoms with Crippen LogP contribution in [0, 0.1) is 18.3 Å². The van der Waals surface area contributed by atoms with Crippen LogP contribution in [0.25, 0.3) is 10.8 Å². The maximum Gasteiger partial charge on any atom is 0.250 e. The summed E-state index contributed by atoms with van der Waals surface area (Å²) in [5.74, 6) is 1.05. The van der Waals surface area contributed by atoms with E-state index in [0.29, 0.717) is 28.7 Å². The number of benzene rings is 2. The standard InChI is InChI=1S/C24H24N4O4S/c1-15-9-17(13-30-2)20(11-25)24(27-15)33-14-23(29)28-26-12-21-19-10-18(31-3)7-5-16(19)6-8-22(21)32-4/h5-10,12H,13-14H2,1-4H3,(H,28,29)/b26-12+. The van der Waals surface area contributed by atoms with Crippen molar-refractivity contribution in [1.29, 1.82) is 5.26 Å².